The molecule has 1 aromatic carbocycles. The van der Waals surface area contributed by atoms with Crippen LogP contribution in [0.25, 0.3) is 0 Å². The molecule has 0 N–H and O–H groups in total. The van der Waals surface area contributed by atoms with Gasteiger partial charge in [0.05, 0.1) is 0 Å². The highest BCUT2D eigenvalue weighted by Gasteiger charge is 2.23. The van der Waals surface area contributed by atoms with E-state index in [0.717, 1.165) is 31.5 Å². The van der Waals surface area contributed by atoms with Crippen LogP contribution in [-0.4, -0.2) is 29.8 Å². The number of nitrogens with zero attached hydrogens (tertiary/aromatic N) is 1. The maximum absolute atomic E-state index is 12.2. The first-order chi connectivity index (χ1) is 8.31. The van der Waals surface area contributed by atoms with E-state index in [-0.39, 0.29) is 5.91 Å². The lowest BCUT2D eigenvalue weighted by Gasteiger charge is -2.32. The number of likely N-dealkylation sites (tertiary alicyclic amines) is 1. The van der Waals surface area contributed by atoms with Crippen molar-refractivity contribution >= 4 is 17.5 Å². The van der Waals surface area contributed by atoms with Crippen LogP contribution >= 0.6 is 11.6 Å². The van der Waals surface area contributed by atoms with Crippen molar-refractivity contribution in [3.63, 3.8) is 0 Å². The Kier molecular flexibility index (Phi) is 4.43. The van der Waals surface area contributed by atoms with E-state index in [1.807, 2.05) is 35.2 Å². The standard InChI is InChI=1S/C14H18ClNO/c15-9-8-12-5-4-10-16(11-12)14(17)13-6-2-1-3-7-13/h1-3,6-7,12H,4-5,8-11H2. The lowest BCUT2D eigenvalue weighted by Crippen LogP contribution is -2.40. The average molecular weight is 252 g/mol. The summed E-state index contributed by atoms with van der Waals surface area (Å²) in [7, 11) is 0. The van der Waals surface area contributed by atoms with Crippen molar-refractivity contribution in [3.8, 4) is 0 Å². The molecule has 0 bridgehead atoms. The van der Waals surface area contributed by atoms with Gasteiger partial charge in [0.2, 0.25) is 0 Å². The SMILES string of the molecule is O=C(c1ccccc1)N1CCCC(CCCl)C1. The Bertz CT molecular complexity index is 364. The van der Waals surface area contributed by atoms with Gasteiger partial charge in [0.15, 0.2) is 0 Å². The first-order valence-corrected chi connectivity index (χ1v) is 6.75. The highest BCUT2D eigenvalue weighted by molar-refractivity contribution is 6.17. The molecule has 2 nitrogen and oxygen atoms in total. The molecule has 1 aliphatic rings. The second-order valence-electron chi connectivity index (χ2n) is 4.60. The maximum atomic E-state index is 12.2. The topological polar surface area (TPSA) is 20.3 Å². The Morgan fingerprint density at radius 3 is 2.82 bits per heavy atom. The van der Waals surface area contributed by atoms with Crippen LogP contribution in [0.5, 0.6) is 0 Å². The van der Waals surface area contributed by atoms with Crippen LogP contribution in [0.15, 0.2) is 30.3 Å². The van der Waals surface area contributed by atoms with Gasteiger partial charge < -0.3 is 4.90 Å². The molecule has 1 heterocycles. The molecule has 1 amide bonds. The van der Waals surface area contributed by atoms with Gasteiger partial charge in [-0.15, -0.1) is 11.6 Å². The van der Waals surface area contributed by atoms with E-state index in [1.165, 1.54) is 6.42 Å². The highest BCUT2D eigenvalue weighted by Crippen LogP contribution is 2.21. The number of amides is 1. The molecule has 0 radical (unpaired) electrons. The largest absolute Gasteiger partial charge is 0.338 e. The number of hydrogen-bond acceptors (Lipinski definition) is 1. The van der Waals surface area contributed by atoms with Crippen LogP contribution in [0.1, 0.15) is 29.6 Å². The number of hydrogen-bond donors (Lipinski definition) is 0. The van der Waals surface area contributed by atoms with Crippen molar-refractivity contribution in [2.75, 3.05) is 19.0 Å². The third-order valence-electron chi connectivity index (χ3n) is 3.34. The summed E-state index contributed by atoms with van der Waals surface area (Å²) in [5, 5.41) is 0. The van der Waals surface area contributed by atoms with Crippen molar-refractivity contribution in [3.05, 3.63) is 35.9 Å². The fraction of sp³-hybridized carbons (Fsp3) is 0.500. The second kappa shape index (κ2) is 6.06. The molecule has 2 rings (SSSR count). The molecule has 0 saturated carbocycles. The monoisotopic (exact) mass is 251 g/mol. The predicted octanol–water partition coefficient (Wildman–Crippen LogP) is 3.17. The van der Waals surface area contributed by atoms with Crippen LogP contribution in [0, 0.1) is 5.92 Å². The zero-order valence-corrected chi connectivity index (χ0v) is 10.7. The normalized spacial score (nSPS) is 20.3. The molecular formula is C14H18ClNO. The summed E-state index contributed by atoms with van der Waals surface area (Å²) in [5.41, 5.74) is 0.791. The fourth-order valence-electron chi connectivity index (χ4n) is 2.40. The highest BCUT2D eigenvalue weighted by atomic mass is 35.5. The van der Waals surface area contributed by atoms with Gasteiger partial charge in [0.1, 0.15) is 0 Å². The van der Waals surface area contributed by atoms with E-state index in [0.29, 0.717) is 11.8 Å². The summed E-state index contributed by atoms with van der Waals surface area (Å²) in [4.78, 5) is 14.2. The number of carbonyl (C=O) groups excluding carboxylic acids is 1. The van der Waals surface area contributed by atoms with E-state index in [2.05, 4.69) is 0 Å². The third-order valence-corrected chi connectivity index (χ3v) is 3.56. The minimum Gasteiger partial charge on any atom is -0.338 e. The van der Waals surface area contributed by atoms with Crippen molar-refractivity contribution in [2.45, 2.75) is 19.3 Å². The summed E-state index contributed by atoms with van der Waals surface area (Å²) in [6.07, 6.45) is 3.31. The Morgan fingerprint density at radius 2 is 2.12 bits per heavy atom. The number of alkyl halides is 1. The van der Waals surface area contributed by atoms with Crippen LogP contribution in [0.3, 0.4) is 0 Å². The Hall–Kier alpha value is -1.02. The van der Waals surface area contributed by atoms with Crippen LogP contribution in [-0.2, 0) is 0 Å². The molecule has 0 spiro atoms. The summed E-state index contributed by atoms with van der Waals surface area (Å²) in [6.45, 7) is 1.74. The summed E-state index contributed by atoms with van der Waals surface area (Å²) < 4.78 is 0. The second-order valence-corrected chi connectivity index (χ2v) is 4.98. The van der Waals surface area contributed by atoms with E-state index < -0.39 is 0 Å². The van der Waals surface area contributed by atoms with Gasteiger partial charge >= 0.3 is 0 Å². The fourth-order valence-corrected chi connectivity index (χ4v) is 2.71. The van der Waals surface area contributed by atoms with Gasteiger partial charge in [-0.25, -0.2) is 0 Å². The molecule has 1 aromatic rings. The number of rotatable bonds is 3. The molecular weight excluding hydrogens is 234 g/mol. The van der Waals surface area contributed by atoms with Crippen LogP contribution < -0.4 is 0 Å². The molecule has 1 saturated heterocycles. The average Bonchev–Trinajstić information content (AvgIpc) is 2.40. The predicted molar refractivity (Wildman–Crippen MR) is 70.4 cm³/mol. The van der Waals surface area contributed by atoms with Gasteiger partial charge in [0.25, 0.3) is 5.91 Å². The van der Waals surface area contributed by atoms with E-state index in [9.17, 15) is 4.79 Å². The quantitative estimate of drug-likeness (QED) is 0.756. The van der Waals surface area contributed by atoms with Crippen molar-refractivity contribution < 1.29 is 4.79 Å². The summed E-state index contributed by atoms with van der Waals surface area (Å²) in [6, 6.07) is 9.52. The van der Waals surface area contributed by atoms with Crippen LogP contribution in [0.2, 0.25) is 0 Å². The van der Waals surface area contributed by atoms with Gasteiger partial charge in [-0.05, 0) is 37.3 Å². The lowest BCUT2D eigenvalue weighted by molar-refractivity contribution is 0.0671. The molecule has 3 heteroatoms. The molecule has 1 unspecified atom stereocenters. The van der Waals surface area contributed by atoms with E-state index in [4.69, 9.17) is 11.6 Å². The Balaban J connectivity index is 2.00. The molecule has 0 aromatic heterocycles. The van der Waals surface area contributed by atoms with Gasteiger partial charge in [0, 0.05) is 24.5 Å². The smallest absolute Gasteiger partial charge is 0.253 e. The molecule has 0 aliphatic carbocycles. The Labute approximate surface area is 108 Å². The molecule has 1 atom stereocenters. The van der Waals surface area contributed by atoms with Crippen LogP contribution in [0.4, 0.5) is 0 Å². The lowest BCUT2D eigenvalue weighted by atomic mass is 9.95. The van der Waals surface area contributed by atoms with E-state index in [1.54, 1.807) is 0 Å². The van der Waals surface area contributed by atoms with Gasteiger partial charge in [-0.1, -0.05) is 18.2 Å². The number of carbonyl (C=O) groups is 1. The van der Waals surface area contributed by atoms with Crippen molar-refractivity contribution in [1.29, 1.82) is 0 Å². The molecule has 1 fully saturated rings. The molecule has 17 heavy (non-hydrogen) atoms. The first kappa shape index (κ1) is 12.4. The molecule has 92 valence electrons. The number of benzene rings is 1. The maximum Gasteiger partial charge on any atom is 0.253 e. The first-order valence-electron chi connectivity index (χ1n) is 6.21. The van der Waals surface area contributed by atoms with Crippen molar-refractivity contribution in [1.82, 2.24) is 4.90 Å². The Morgan fingerprint density at radius 1 is 1.35 bits per heavy atom. The minimum atomic E-state index is 0.157. The zero-order valence-electron chi connectivity index (χ0n) is 9.94. The van der Waals surface area contributed by atoms with Gasteiger partial charge in [-0.3, -0.25) is 4.79 Å². The third kappa shape index (κ3) is 3.22. The zero-order chi connectivity index (χ0) is 12.1. The van der Waals surface area contributed by atoms with Gasteiger partial charge in [-0.2, -0.15) is 0 Å². The summed E-state index contributed by atoms with van der Waals surface area (Å²) >= 11 is 5.78. The number of piperidine rings is 1. The van der Waals surface area contributed by atoms with E-state index >= 15 is 0 Å². The number of halogens is 1. The minimum absolute atomic E-state index is 0.157. The molecule has 1 aliphatic heterocycles. The van der Waals surface area contributed by atoms with Crippen molar-refractivity contribution in [2.24, 2.45) is 5.92 Å². The summed E-state index contributed by atoms with van der Waals surface area (Å²) in [5.74, 6) is 1.43.